The van der Waals surface area contributed by atoms with E-state index in [1.165, 1.54) is 0 Å². The van der Waals surface area contributed by atoms with Gasteiger partial charge in [-0.1, -0.05) is 13.8 Å². The maximum absolute atomic E-state index is 11.3. The molecule has 0 atom stereocenters. The third-order valence-electron chi connectivity index (χ3n) is 2.48. The highest BCUT2D eigenvalue weighted by Crippen LogP contribution is 2.21. The van der Waals surface area contributed by atoms with Crippen LogP contribution >= 0.6 is 0 Å². The number of amides is 1. The normalized spacial score (nSPS) is 10.4. The van der Waals surface area contributed by atoms with Gasteiger partial charge in [0.05, 0.1) is 12.3 Å². The quantitative estimate of drug-likeness (QED) is 0.673. The van der Waals surface area contributed by atoms with Crippen molar-refractivity contribution < 1.29 is 9.53 Å². The molecule has 0 aromatic carbocycles. The molecule has 6 heteroatoms. The lowest BCUT2D eigenvalue weighted by Crippen LogP contribution is -2.24. The molecule has 1 rings (SSSR count). The molecule has 0 aliphatic rings. The Morgan fingerprint density at radius 3 is 2.85 bits per heavy atom. The topological polar surface area (TPSA) is 89.3 Å². The number of aromatic nitrogens is 1. The third kappa shape index (κ3) is 5.77. The number of rotatable bonds is 8. The largest absolute Gasteiger partial charge is 0.476 e. The predicted molar refractivity (Wildman–Crippen MR) is 80.8 cm³/mol. The van der Waals surface area contributed by atoms with Crippen molar-refractivity contribution in [3.8, 4) is 5.88 Å². The summed E-state index contributed by atoms with van der Waals surface area (Å²) >= 11 is 0. The van der Waals surface area contributed by atoms with Crippen molar-refractivity contribution >= 4 is 17.4 Å². The fourth-order valence-electron chi connectivity index (χ4n) is 1.50. The van der Waals surface area contributed by atoms with E-state index in [-0.39, 0.29) is 5.91 Å². The maximum Gasteiger partial charge on any atom is 0.239 e. The van der Waals surface area contributed by atoms with Crippen LogP contribution in [0.2, 0.25) is 0 Å². The van der Waals surface area contributed by atoms with Crippen LogP contribution in [-0.2, 0) is 4.79 Å². The molecule has 0 radical (unpaired) electrons. The van der Waals surface area contributed by atoms with E-state index in [0.717, 1.165) is 0 Å². The highest BCUT2D eigenvalue weighted by molar-refractivity contribution is 5.76. The van der Waals surface area contributed by atoms with E-state index >= 15 is 0 Å². The Bertz CT molecular complexity index is 435. The van der Waals surface area contributed by atoms with Gasteiger partial charge in [-0.3, -0.25) is 4.79 Å². The summed E-state index contributed by atoms with van der Waals surface area (Å²) in [5.41, 5.74) is 6.33. The lowest BCUT2D eigenvalue weighted by molar-refractivity contribution is -0.120. The number of nitrogens with one attached hydrogen (secondary N) is 2. The molecule has 112 valence electrons. The number of hydrogen-bond acceptors (Lipinski definition) is 5. The summed E-state index contributed by atoms with van der Waals surface area (Å²) in [6.07, 6.45) is 0.405. The molecule has 0 saturated carbocycles. The molecule has 0 unspecified atom stereocenters. The summed E-state index contributed by atoms with van der Waals surface area (Å²) < 4.78 is 5.55. The lowest BCUT2D eigenvalue weighted by Gasteiger charge is -2.12. The number of anilines is 2. The Hall–Kier alpha value is -1.98. The van der Waals surface area contributed by atoms with Crippen LogP contribution in [0.4, 0.5) is 11.5 Å². The Kier molecular flexibility index (Phi) is 6.63. The number of carbonyl (C=O) groups is 1. The van der Waals surface area contributed by atoms with Crippen LogP contribution in [0.3, 0.4) is 0 Å². The highest BCUT2D eigenvalue weighted by atomic mass is 16.5. The van der Waals surface area contributed by atoms with Gasteiger partial charge >= 0.3 is 0 Å². The van der Waals surface area contributed by atoms with Gasteiger partial charge in [0.15, 0.2) is 0 Å². The second-order valence-electron chi connectivity index (χ2n) is 4.93. The van der Waals surface area contributed by atoms with E-state index in [4.69, 9.17) is 10.5 Å². The zero-order valence-corrected chi connectivity index (χ0v) is 12.4. The van der Waals surface area contributed by atoms with Crippen molar-refractivity contribution in [1.82, 2.24) is 10.3 Å². The van der Waals surface area contributed by atoms with Gasteiger partial charge < -0.3 is 21.1 Å². The fraction of sp³-hybridized carbons (Fsp3) is 0.571. The summed E-state index contributed by atoms with van der Waals surface area (Å²) in [5.74, 6) is 1.52. The zero-order chi connectivity index (χ0) is 15.0. The minimum Gasteiger partial charge on any atom is -0.476 e. The Morgan fingerprint density at radius 1 is 1.45 bits per heavy atom. The average Bonchev–Trinajstić information content (AvgIpc) is 2.39. The molecule has 0 aliphatic heterocycles. The van der Waals surface area contributed by atoms with E-state index in [1.807, 2.05) is 6.92 Å². The third-order valence-corrected chi connectivity index (χ3v) is 2.48. The molecule has 6 nitrogen and oxygen atoms in total. The van der Waals surface area contributed by atoms with Crippen molar-refractivity contribution in [2.45, 2.75) is 27.2 Å². The second kappa shape index (κ2) is 8.24. The molecule has 1 aromatic heterocycles. The van der Waals surface area contributed by atoms with Crippen LogP contribution in [0.1, 0.15) is 27.2 Å². The summed E-state index contributed by atoms with van der Waals surface area (Å²) in [6.45, 7) is 7.75. The van der Waals surface area contributed by atoms with Gasteiger partial charge in [0.2, 0.25) is 11.8 Å². The van der Waals surface area contributed by atoms with Gasteiger partial charge in [-0.2, -0.15) is 4.98 Å². The van der Waals surface area contributed by atoms with Gasteiger partial charge in [0.25, 0.3) is 0 Å². The molecule has 0 fully saturated rings. The lowest BCUT2D eigenvalue weighted by atomic mass is 10.2. The number of pyridine rings is 1. The highest BCUT2D eigenvalue weighted by Gasteiger charge is 2.06. The molecular weight excluding hydrogens is 256 g/mol. The summed E-state index contributed by atoms with van der Waals surface area (Å²) in [4.78, 5) is 15.6. The number of ether oxygens (including phenoxy) is 1. The van der Waals surface area contributed by atoms with Crippen molar-refractivity contribution in [2.75, 3.05) is 30.7 Å². The minimum absolute atomic E-state index is 0.0201. The Morgan fingerprint density at radius 2 is 2.20 bits per heavy atom. The molecule has 0 aliphatic carbocycles. The minimum atomic E-state index is 0.0201. The van der Waals surface area contributed by atoms with Crippen molar-refractivity contribution in [3.05, 3.63) is 12.1 Å². The number of carbonyl (C=O) groups excluding carboxylic acids is 1. The van der Waals surface area contributed by atoms with Crippen LogP contribution in [0.5, 0.6) is 5.88 Å². The monoisotopic (exact) mass is 280 g/mol. The van der Waals surface area contributed by atoms with Crippen LogP contribution in [0.15, 0.2) is 12.1 Å². The van der Waals surface area contributed by atoms with Gasteiger partial charge in [-0.05, 0) is 25.0 Å². The first-order chi connectivity index (χ1) is 9.52. The second-order valence-corrected chi connectivity index (χ2v) is 4.93. The predicted octanol–water partition coefficient (Wildman–Crippen LogP) is 1.64. The number of hydrogen-bond donors (Lipinski definition) is 3. The standard InChI is InChI=1S/C14H24N4O2/c1-4-16-13(19)7-8-17-12-6-5-11(15)14(18-12)20-9-10(2)3/h5-6,10H,4,7-9,15H2,1-3H3,(H,16,19)(H,17,18). The molecular formula is C14H24N4O2. The summed E-state index contributed by atoms with van der Waals surface area (Å²) in [6, 6.07) is 3.52. The molecule has 0 spiro atoms. The smallest absolute Gasteiger partial charge is 0.239 e. The van der Waals surface area contributed by atoms with E-state index in [9.17, 15) is 4.79 Å². The summed E-state index contributed by atoms with van der Waals surface area (Å²) in [5, 5.41) is 5.82. The summed E-state index contributed by atoms with van der Waals surface area (Å²) in [7, 11) is 0. The van der Waals surface area contributed by atoms with Gasteiger partial charge in [0, 0.05) is 19.5 Å². The number of nitrogens with two attached hydrogens (primary N) is 1. The molecule has 0 saturated heterocycles. The van der Waals surface area contributed by atoms with Gasteiger partial charge in [-0.25, -0.2) is 0 Å². The first-order valence-corrected chi connectivity index (χ1v) is 6.92. The molecule has 1 amide bonds. The van der Waals surface area contributed by atoms with E-state index in [2.05, 4.69) is 29.5 Å². The fourth-order valence-corrected chi connectivity index (χ4v) is 1.50. The Balaban J connectivity index is 2.50. The Labute approximate surface area is 120 Å². The first-order valence-electron chi connectivity index (χ1n) is 6.92. The molecule has 0 bridgehead atoms. The van der Waals surface area contributed by atoms with Crippen LogP contribution in [0, 0.1) is 5.92 Å². The van der Waals surface area contributed by atoms with E-state index in [1.54, 1.807) is 12.1 Å². The number of nitrogen functional groups attached to an aromatic ring is 1. The van der Waals surface area contributed by atoms with E-state index < -0.39 is 0 Å². The van der Waals surface area contributed by atoms with Crippen LogP contribution < -0.4 is 21.1 Å². The zero-order valence-electron chi connectivity index (χ0n) is 12.4. The molecule has 4 N–H and O–H groups in total. The van der Waals surface area contributed by atoms with Crippen molar-refractivity contribution in [2.24, 2.45) is 5.92 Å². The van der Waals surface area contributed by atoms with Crippen molar-refractivity contribution in [3.63, 3.8) is 0 Å². The maximum atomic E-state index is 11.3. The molecule has 1 aromatic rings. The SMILES string of the molecule is CCNC(=O)CCNc1ccc(N)c(OCC(C)C)n1. The van der Waals surface area contributed by atoms with Crippen LogP contribution in [-0.4, -0.2) is 30.6 Å². The van der Waals surface area contributed by atoms with Gasteiger partial charge in [-0.15, -0.1) is 0 Å². The number of nitrogens with zero attached hydrogens (tertiary/aromatic N) is 1. The molecule has 1 heterocycles. The van der Waals surface area contributed by atoms with E-state index in [0.29, 0.717) is 49.4 Å². The molecule has 20 heavy (non-hydrogen) atoms. The average molecular weight is 280 g/mol. The first kappa shape index (κ1) is 16.1. The van der Waals surface area contributed by atoms with Gasteiger partial charge in [0.1, 0.15) is 5.82 Å². The van der Waals surface area contributed by atoms with Crippen molar-refractivity contribution in [1.29, 1.82) is 0 Å². The van der Waals surface area contributed by atoms with Crippen LogP contribution in [0.25, 0.3) is 0 Å².